The maximum atomic E-state index is 14.8. The van der Waals surface area contributed by atoms with Gasteiger partial charge in [0, 0.05) is 47.9 Å². The molecule has 0 radical (unpaired) electrons. The molecule has 1 aliphatic heterocycles. The van der Waals surface area contributed by atoms with Crippen LogP contribution in [0.2, 0.25) is 0 Å². The second-order valence-corrected chi connectivity index (χ2v) is 12.2. The average Bonchev–Trinajstić information content (AvgIpc) is 3.80. The molecule has 7 rings (SSSR count). The van der Waals surface area contributed by atoms with Crippen molar-refractivity contribution in [3.05, 3.63) is 67.0 Å². The number of fused-ring (bicyclic) bond motifs is 2. The number of halogens is 1. The molecule has 1 fully saturated rings. The van der Waals surface area contributed by atoms with Crippen LogP contribution in [0.1, 0.15) is 33.1 Å². The number of nitrogens with zero attached hydrogens (tertiary/aromatic N) is 6. The standard InChI is InChI=1S/C34H36FN9O2/c1-20(2)11-29(45)39-25-13-22(17-36-19-25)23-15-28-31(42-43-32(28)38-18-23)34-40-30-27(5-6-37-33(30)41-34)21-12-24(35)16-26(14-21)46-10-9-44-7-3-4-8-44/h5-6,12-20,29,39,45H,3-4,7-11H2,1-2H3,(H,37,40,41)(H,38,42,43). The normalized spacial score (nSPS) is 14.5. The van der Waals surface area contributed by atoms with Crippen molar-refractivity contribution in [2.75, 3.05) is 31.6 Å². The van der Waals surface area contributed by atoms with Crippen LogP contribution in [0.4, 0.5) is 10.1 Å². The Morgan fingerprint density at radius 1 is 1.00 bits per heavy atom. The van der Waals surface area contributed by atoms with E-state index in [1.807, 2.05) is 24.3 Å². The van der Waals surface area contributed by atoms with Gasteiger partial charge in [-0.1, -0.05) is 13.8 Å². The third-order valence-corrected chi connectivity index (χ3v) is 8.20. The first-order valence-corrected chi connectivity index (χ1v) is 15.6. The summed E-state index contributed by atoms with van der Waals surface area (Å²) in [7, 11) is 0. The van der Waals surface area contributed by atoms with Crippen molar-refractivity contribution < 1.29 is 14.2 Å². The Hall–Kier alpha value is -4.94. The molecule has 1 unspecified atom stereocenters. The second-order valence-electron chi connectivity index (χ2n) is 12.2. The van der Waals surface area contributed by atoms with E-state index in [4.69, 9.17) is 9.72 Å². The largest absolute Gasteiger partial charge is 0.492 e. The Labute approximate surface area is 265 Å². The molecule has 11 nitrogen and oxygen atoms in total. The molecule has 236 valence electrons. The van der Waals surface area contributed by atoms with Crippen molar-refractivity contribution in [3.8, 4) is 39.5 Å². The van der Waals surface area contributed by atoms with Crippen LogP contribution >= 0.6 is 0 Å². The molecule has 6 heterocycles. The summed E-state index contributed by atoms with van der Waals surface area (Å²) in [5.74, 6) is 0.990. The van der Waals surface area contributed by atoms with Crippen LogP contribution in [0.15, 0.2) is 61.2 Å². The van der Waals surface area contributed by atoms with Gasteiger partial charge in [0.2, 0.25) is 0 Å². The number of nitrogens with one attached hydrogen (secondary N) is 3. The molecule has 12 heteroatoms. The molecule has 0 aliphatic carbocycles. The number of anilines is 1. The second kappa shape index (κ2) is 12.8. The van der Waals surface area contributed by atoms with Crippen LogP contribution in [0.25, 0.3) is 56.0 Å². The van der Waals surface area contributed by atoms with Gasteiger partial charge >= 0.3 is 0 Å². The lowest BCUT2D eigenvalue weighted by Crippen LogP contribution is -2.25. The number of ether oxygens (including phenoxy) is 1. The lowest BCUT2D eigenvalue weighted by atomic mass is 10.1. The Balaban J connectivity index is 1.18. The fourth-order valence-corrected chi connectivity index (χ4v) is 5.98. The quantitative estimate of drug-likeness (QED) is 0.128. The summed E-state index contributed by atoms with van der Waals surface area (Å²) in [6.07, 6.45) is 9.23. The van der Waals surface area contributed by atoms with Gasteiger partial charge in [-0.05, 0) is 74.2 Å². The molecule has 0 spiro atoms. The minimum atomic E-state index is -0.670. The Morgan fingerprint density at radius 2 is 1.85 bits per heavy atom. The van der Waals surface area contributed by atoms with Crippen molar-refractivity contribution in [3.63, 3.8) is 0 Å². The molecule has 5 aromatic heterocycles. The fraction of sp³-hybridized carbons (Fsp3) is 0.324. The number of likely N-dealkylation sites (tertiary alicyclic amines) is 1. The molecule has 1 aliphatic rings. The summed E-state index contributed by atoms with van der Waals surface area (Å²) in [5, 5.41) is 21.7. The van der Waals surface area contributed by atoms with Crippen molar-refractivity contribution >= 4 is 27.9 Å². The van der Waals surface area contributed by atoms with E-state index in [1.165, 1.54) is 25.0 Å². The number of H-pyrrole nitrogens is 2. The van der Waals surface area contributed by atoms with E-state index in [1.54, 1.807) is 24.8 Å². The van der Waals surface area contributed by atoms with Crippen LogP contribution in [0, 0.1) is 11.7 Å². The number of aliphatic hydroxyl groups is 1. The number of rotatable bonds is 11. The summed E-state index contributed by atoms with van der Waals surface area (Å²) < 4.78 is 20.7. The zero-order valence-electron chi connectivity index (χ0n) is 25.8. The third kappa shape index (κ3) is 6.40. The number of aromatic nitrogens is 7. The van der Waals surface area contributed by atoms with Gasteiger partial charge in [0.05, 0.1) is 22.8 Å². The van der Waals surface area contributed by atoms with Gasteiger partial charge in [0.1, 0.15) is 30.1 Å². The van der Waals surface area contributed by atoms with Crippen molar-refractivity contribution in [2.24, 2.45) is 5.92 Å². The van der Waals surface area contributed by atoms with Crippen LogP contribution in [-0.4, -0.2) is 77.6 Å². The first kappa shape index (κ1) is 29.8. The number of aliphatic hydroxyl groups excluding tert-OH is 1. The highest BCUT2D eigenvalue weighted by Crippen LogP contribution is 2.34. The van der Waals surface area contributed by atoms with Crippen molar-refractivity contribution in [1.29, 1.82) is 0 Å². The molecule has 6 aromatic rings. The van der Waals surface area contributed by atoms with Gasteiger partial charge in [-0.15, -0.1) is 0 Å². The van der Waals surface area contributed by atoms with Gasteiger partial charge in [0.15, 0.2) is 17.1 Å². The molecule has 0 saturated carbocycles. The fourth-order valence-electron chi connectivity index (χ4n) is 5.98. The first-order valence-electron chi connectivity index (χ1n) is 15.6. The van der Waals surface area contributed by atoms with Crippen LogP contribution < -0.4 is 10.1 Å². The van der Waals surface area contributed by atoms with E-state index >= 15 is 0 Å². The maximum absolute atomic E-state index is 14.8. The number of imidazole rings is 1. The lowest BCUT2D eigenvalue weighted by molar-refractivity contribution is 0.176. The van der Waals surface area contributed by atoms with Crippen LogP contribution in [0.5, 0.6) is 5.75 Å². The number of hydrogen-bond donors (Lipinski definition) is 4. The first-order chi connectivity index (χ1) is 22.4. The zero-order chi connectivity index (χ0) is 31.6. The molecule has 1 atom stereocenters. The smallest absolute Gasteiger partial charge is 0.181 e. The van der Waals surface area contributed by atoms with Gasteiger partial charge in [-0.25, -0.2) is 19.3 Å². The zero-order valence-corrected chi connectivity index (χ0v) is 25.8. The van der Waals surface area contributed by atoms with E-state index in [0.29, 0.717) is 64.3 Å². The molecule has 46 heavy (non-hydrogen) atoms. The predicted octanol–water partition coefficient (Wildman–Crippen LogP) is 6.02. The molecular formula is C34H36FN9O2. The number of aromatic amines is 2. The monoisotopic (exact) mass is 621 g/mol. The summed E-state index contributed by atoms with van der Waals surface area (Å²) in [5.41, 5.74) is 6.13. The van der Waals surface area contributed by atoms with Crippen LogP contribution in [0.3, 0.4) is 0 Å². The minimum absolute atomic E-state index is 0.351. The Kier molecular flexibility index (Phi) is 8.29. The van der Waals surface area contributed by atoms with E-state index < -0.39 is 6.23 Å². The Bertz CT molecular complexity index is 1980. The summed E-state index contributed by atoms with van der Waals surface area (Å²) in [4.78, 5) is 23.9. The van der Waals surface area contributed by atoms with Crippen molar-refractivity contribution in [2.45, 2.75) is 39.3 Å². The minimum Gasteiger partial charge on any atom is -0.492 e. The summed E-state index contributed by atoms with van der Waals surface area (Å²) >= 11 is 0. The molecule has 0 bridgehead atoms. The van der Waals surface area contributed by atoms with E-state index in [9.17, 15) is 9.50 Å². The molecule has 1 saturated heterocycles. The van der Waals surface area contributed by atoms with E-state index in [0.717, 1.165) is 41.7 Å². The van der Waals surface area contributed by atoms with E-state index in [-0.39, 0.29) is 5.82 Å². The molecular weight excluding hydrogens is 585 g/mol. The van der Waals surface area contributed by atoms with Gasteiger partial charge in [-0.2, -0.15) is 5.10 Å². The highest BCUT2D eigenvalue weighted by atomic mass is 19.1. The SMILES string of the molecule is CC(C)CC(O)Nc1cncc(-c2cnc3n[nH]c(-c4nc5nccc(-c6cc(F)cc(OCCN7CCCC7)c6)c5[nH]4)c3c2)c1. The number of pyridine rings is 3. The van der Waals surface area contributed by atoms with Gasteiger partial charge in [0.25, 0.3) is 0 Å². The Morgan fingerprint density at radius 3 is 2.70 bits per heavy atom. The van der Waals surface area contributed by atoms with E-state index in [2.05, 4.69) is 54.2 Å². The average molecular weight is 622 g/mol. The molecule has 1 aromatic carbocycles. The van der Waals surface area contributed by atoms with Gasteiger partial charge in [-0.3, -0.25) is 15.0 Å². The molecule has 0 amide bonds. The number of hydrogen-bond acceptors (Lipinski definition) is 9. The predicted molar refractivity (Wildman–Crippen MR) is 176 cm³/mol. The van der Waals surface area contributed by atoms with Crippen LogP contribution in [-0.2, 0) is 0 Å². The summed E-state index contributed by atoms with van der Waals surface area (Å²) in [6.45, 7) is 7.62. The topological polar surface area (TPSA) is 141 Å². The highest BCUT2D eigenvalue weighted by Gasteiger charge is 2.18. The highest BCUT2D eigenvalue weighted by molar-refractivity contribution is 5.96. The number of benzene rings is 1. The summed E-state index contributed by atoms with van der Waals surface area (Å²) in [6, 6.07) is 10.5. The lowest BCUT2D eigenvalue weighted by Gasteiger charge is -2.16. The molecule has 4 N–H and O–H groups in total. The third-order valence-electron chi connectivity index (χ3n) is 8.20. The maximum Gasteiger partial charge on any atom is 0.181 e. The van der Waals surface area contributed by atoms with Gasteiger partial charge < -0.3 is 20.1 Å². The van der Waals surface area contributed by atoms with Crippen molar-refractivity contribution in [1.82, 2.24) is 40.0 Å².